The molecule has 2 aromatic rings. The molecule has 122 valence electrons. The molecule has 0 unspecified atom stereocenters. The Bertz CT molecular complexity index is 659. The molecule has 0 radical (unpaired) electrons. The normalized spacial score (nSPS) is 20.2. The fraction of sp³-hybridized carbons (Fsp3) is 0.412. The summed E-state index contributed by atoms with van der Waals surface area (Å²) in [6, 6.07) is 12.0. The Morgan fingerprint density at radius 1 is 1.43 bits per heavy atom. The van der Waals surface area contributed by atoms with Crippen molar-refractivity contribution in [2.75, 3.05) is 24.2 Å². The summed E-state index contributed by atoms with van der Waals surface area (Å²) in [4.78, 5) is 14.6. The summed E-state index contributed by atoms with van der Waals surface area (Å²) in [5.74, 6) is 1.38. The molecule has 1 N–H and O–H groups in total. The highest BCUT2D eigenvalue weighted by Gasteiger charge is 2.28. The van der Waals surface area contributed by atoms with Crippen molar-refractivity contribution < 1.29 is 9.32 Å². The van der Waals surface area contributed by atoms with Crippen LogP contribution in [0.1, 0.15) is 23.4 Å². The Hall–Kier alpha value is -1.79. The van der Waals surface area contributed by atoms with Crippen LogP contribution in [0.2, 0.25) is 0 Å². The number of aryl methyl sites for hydroxylation is 1. The minimum absolute atomic E-state index is 0.0557. The summed E-state index contributed by atoms with van der Waals surface area (Å²) < 4.78 is 5.06. The summed E-state index contributed by atoms with van der Waals surface area (Å²) in [5.41, 5.74) is 2.08. The van der Waals surface area contributed by atoms with Gasteiger partial charge in [-0.25, -0.2) is 0 Å². The summed E-state index contributed by atoms with van der Waals surface area (Å²) in [6.45, 7) is 5.56. The topological polar surface area (TPSA) is 58.4 Å². The van der Waals surface area contributed by atoms with Gasteiger partial charge < -0.3 is 4.52 Å². The number of anilines is 1. The SMILES string of the molecule is Cc1cc(NC(=O)[C@@H](C)N2CCS[C@@H](c3ccccc3)C2)on1. The predicted molar refractivity (Wildman–Crippen MR) is 92.5 cm³/mol. The van der Waals surface area contributed by atoms with E-state index in [1.54, 1.807) is 6.07 Å². The van der Waals surface area contributed by atoms with Gasteiger partial charge in [0, 0.05) is 30.2 Å². The molecule has 0 spiro atoms. The standard InChI is InChI=1S/C17H21N3O2S/c1-12-10-16(22-19-12)18-17(21)13(2)20-8-9-23-15(11-20)14-6-4-3-5-7-14/h3-7,10,13,15H,8-9,11H2,1-2H3,(H,18,21)/t13-,15-/m1/s1. The van der Waals surface area contributed by atoms with Crippen molar-refractivity contribution in [1.82, 2.24) is 10.1 Å². The number of nitrogens with zero attached hydrogens (tertiary/aromatic N) is 2. The zero-order valence-corrected chi connectivity index (χ0v) is 14.2. The smallest absolute Gasteiger partial charge is 0.243 e. The zero-order chi connectivity index (χ0) is 16.2. The van der Waals surface area contributed by atoms with E-state index in [4.69, 9.17) is 4.52 Å². The average Bonchev–Trinajstić information content (AvgIpc) is 3.00. The maximum Gasteiger partial charge on any atom is 0.243 e. The van der Waals surface area contributed by atoms with Gasteiger partial charge in [-0.3, -0.25) is 15.0 Å². The molecular weight excluding hydrogens is 310 g/mol. The second-order valence-corrected chi connectivity index (χ2v) is 7.07. The van der Waals surface area contributed by atoms with Crippen molar-refractivity contribution in [1.29, 1.82) is 0 Å². The highest BCUT2D eigenvalue weighted by Crippen LogP contribution is 2.33. The quantitative estimate of drug-likeness (QED) is 0.933. The summed E-state index contributed by atoms with van der Waals surface area (Å²) in [6.07, 6.45) is 0. The van der Waals surface area contributed by atoms with Crippen LogP contribution in [0.4, 0.5) is 5.88 Å². The third-order valence-corrected chi connectivity index (χ3v) is 5.31. The largest absolute Gasteiger partial charge is 0.338 e. The molecular formula is C17H21N3O2S. The molecule has 1 aromatic heterocycles. The molecule has 1 amide bonds. The van der Waals surface area contributed by atoms with Gasteiger partial charge in [0.1, 0.15) is 0 Å². The molecule has 0 aliphatic carbocycles. The van der Waals surface area contributed by atoms with Gasteiger partial charge in [0.2, 0.25) is 11.8 Å². The van der Waals surface area contributed by atoms with Crippen LogP contribution >= 0.6 is 11.8 Å². The zero-order valence-electron chi connectivity index (χ0n) is 13.4. The van der Waals surface area contributed by atoms with Crippen LogP contribution < -0.4 is 5.32 Å². The number of nitrogens with one attached hydrogen (secondary N) is 1. The van der Waals surface area contributed by atoms with E-state index in [9.17, 15) is 4.79 Å². The van der Waals surface area contributed by atoms with Crippen molar-refractivity contribution in [2.45, 2.75) is 25.1 Å². The second-order valence-electron chi connectivity index (χ2n) is 5.76. The van der Waals surface area contributed by atoms with Crippen molar-refractivity contribution in [3.8, 4) is 0 Å². The van der Waals surface area contributed by atoms with Crippen LogP contribution in [-0.4, -0.2) is 40.8 Å². The van der Waals surface area contributed by atoms with Crippen LogP contribution in [0, 0.1) is 6.92 Å². The van der Waals surface area contributed by atoms with Gasteiger partial charge in [-0.15, -0.1) is 0 Å². The minimum atomic E-state index is -0.201. The predicted octanol–water partition coefficient (Wildman–Crippen LogP) is 3.10. The van der Waals surface area contributed by atoms with Gasteiger partial charge >= 0.3 is 0 Å². The molecule has 6 heteroatoms. The lowest BCUT2D eigenvalue weighted by Crippen LogP contribution is -2.46. The van der Waals surface area contributed by atoms with Crippen LogP contribution in [0.25, 0.3) is 0 Å². The van der Waals surface area contributed by atoms with E-state index < -0.39 is 0 Å². The lowest BCUT2D eigenvalue weighted by atomic mass is 10.1. The molecule has 1 aliphatic heterocycles. The molecule has 1 aromatic carbocycles. The maximum atomic E-state index is 12.4. The third-order valence-electron chi connectivity index (χ3n) is 4.07. The van der Waals surface area contributed by atoms with Gasteiger partial charge in [0.05, 0.1) is 11.7 Å². The van der Waals surface area contributed by atoms with Crippen LogP contribution in [0.5, 0.6) is 0 Å². The van der Waals surface area contributed by atoms with Crippen LogP contribution in [0.3, 0.4) is 0 Å². The van der Waals surface area contributed by atoms with E-state index in [1.807, 2.05) is 31.7 Å². The van der Waals surface area contributed by atoms with Gasteiger partial charge in [-0.2, -0.15) is 11.8 Å². The van der Waals surface area contributed by atoms with E-state index in [2.05, 4.69) is 39.6 Å². The van der Waals surface area contributed by atoms with E-state index in [0.29, 0.717) is 11.1 Å². The Morgan fingerprint density at radius 3 is 2.91 bits per heavy atom. The third kappa shape index (κ3) is 3.95. The van der Waals surface area contributed by atoms with E-state index in [1.165, 1.54) is 5.56 Å². The number of benzene rings is 1. The van der Waals surface area contributed by atoms with Gasteiger partial charge in [0.25, 0.3) is 0 Å². The maximum absolute atomic E-state index is 12.4. The first-order valence-electron chi connectivity index (χ1n) is 7.78. The molecule has 1 saturated heterocycles. The van der Waals surface area contributed by atoms with Crippen LogP contribution in [0.15, 0.2) is 40.9 Å². The lowest BCUT2D eigenvalue weighted by molar-refractivity contribution is -0.120. The first kappa shape index (κ1) is 16.1. The Kier molecular flexibility index (Phi) is 5.03. The summed E-state index contributed by atoms with van der Waals surface area (Å²) >= 11 is 1.95. The minimum Gasteiger partial charge on any atom is -0.338 e. The lowest BCUT2D eigenvalue weighted by Gasteiger charge is -2.35. The number of carbonyl (C=O) groups excluding carboxylic acids is 1. The first-order chi connectivity index (χ1) is 11.1. The molecule has 1 fully saturated rings. The number of carbonyl (C=O) groups is 1. The Balaban J connectivity index is 1.62. The molecule has 1 aliphatic rings. The molecule has 2 atom stereocenters. The fourth-order valence-corrected chi connectivity index (χ4v) is 3.98. The van der Waals surface area contributed by atoms with Crippen LogP contribution in [-0.2, 0) is 4.79 Å². The Labute approximate surface area is 140 Å². The number of hydrogen-bond donors (Lipinski definition) is 1. The van der Waals surface area contributed by atoms with Gasteiger partial charge in [0.15, 0.2) is 0 Å². The highest BCUT2D eigenvalue weighted by atomic mass is 32.2. The van der Waals surface area contributed by atoms with Crippen molar-refractivity contribution in [3.05, 3.63) is 47.7 Å². The fourth-order valence-electron chi connectivity index (χ4n) is 2.70. The average molecular weight is 331 g/mol. The second kappa shape index (κ2) is 7.19. The number of rotatable bonds is 4. The highest BCUT2D eigenvalue weighted by molar-refractivity contribution is 7.99. The molecule has 23 heavy (non-hydrogen) atoms. The van der Waals surface area contributed by atoms with Gasteiger partial charge in [-0.05, 0) is 19.4 Å². The van der Waals surface area contributed by atoms with E-state index >= 15 is 0 Å². The number of amides is 1. The summed E-state index contributed by atoms with van der Waals surface area (Å²) in [5, 5.41) is 6.99. The molecule has 3 rings (SSSR count). The van der Waals surface area contributed by atoms with Crippen molar-refractivity contribution in [3.63, 3.8) is 0 Å². The van der Waals surface area contributed by atoms with Gasteiger partial charge in [-0.1, -0.05) is 35.5 Å². The molecule has 2 heterocycles. The molecule has 0 bridgehead atoms. The Morgan fingerprint density at radius 2 is 2.22 bits per heavy atom. The number of hydrogen-bond acceptors (Lipinski definition) is 5. The van der Waals surface area contributed by atoms with Crippen molar-refractivity contribution in [2.24, 2.45) is 0 Å². The number of aromatic nitrogens is 1. The molecule has 0 saturated carbocycles. The van der Waals surface area contributed by atoms with E-state index in [0.717, 1.165) is 24.5 Å². The first-order valence-corrected chi connectivity index (χ1v) is 8.83. The monoisotopic (exact) mass is 331 g/mol. The summed E-state index contributed by atoms with van der Waals surface area (Å²) in [7, 11) is 0. The van der Waals surface area contributed by atoms with E-state index in [-0.39, 0.29) is 11.9 Å². The molecule has 5 nitrogen and oxygen atoms in total. The number of thioether (sulfide) groups is 1. The van der Waals surface area contributed by atoms with Crippen molar-refractivity contribution >= 4 is 23.6 Å².